The normalized spacial score (nSPS) is 16.6. The first-order valence-corrected chi connectivity index (χ1v) is 8.55. The van der Waals surface area contributed by atoms with Crippen molar-refractivity contribution in [3.63, 3.8) is 0 Å². The highest BCUT2D eigenvalue weighted by Crippen LogP contribution is 2.15. The highest BCUT2D eigenvalue weighted by Gasteiger charge is 2.16. The maximum absolute atomic E-state index is 12.0. The van der Waals surface area contributed by atoms with E-state index >= 15 is 0 Å². The van der Waals surface area contributed by atoms with E-state index in [0.717, 1.165) is 43.7 Å². The van der Waals surface area contributed by atoms with Crippen LogP contribution in [0.3, 0.4) is 0 Å². The lowest BCUT2D eigenvalue weighted by atomic mass is 10.1. The Morgan fingerprint density at radius 3 is 2.96 bits per heavy atom. The summed E-state index contributed by atoms with van der Waals surface area (Å²) < 4.78 is 12.5. The molecule has 134 valence electrons. The molecule has 3 rings (SSSR count). The highest BCUT2D eigenvalue weighted by atomic mass is 16.5. The zero-order valence-electron chi connectivity index (χ0n) is 14.4. The largest absolute Gasteiger partial charge is 0.497 e. The Hall–Kier alpha value is -2.54. The summed E-state index contributed by atoms with van der Waals surface area (Å²) in [4.78, 5) is 12.0. The Balaban J connectivity index is 1.39. The minimum Gasteiger partial charge on any atom is -0.497 e. The second-order valence-electron chi connectivity index (χ2n) is 6.07. The average molecular weight is 344 g/mol. The van der Waals surface area contributed by atoms with Gasteiger partial charge in [-0.25, -0.2) is 4.79 Å². The number of aromatic nitrogens is 2. The van der Waals surface area contributed by atoms with Gasteiger partial charge in [0.25, 0.3) is 0 Å². The standard InChI is InChI=1S/C18H24N4O3/c1-24-16-6-4-14(5-7-16)8-9-19-18(23)21-15-11-20-22(12-15)13-17-3-2-10-25-17/h4-7,11-12,17H,2-3,8-10,13H2,1H3,(H2,19,21,23). The molecule has 2 amide bonds. The Labute approximate surface area is 147 Å². The van der Waals surface area contributed by atoms with Crippen LogP contribution in [0.25, 0.3) is 0 Å². The molecule has 25 heavy (non-hydrogen) atoms. The van der Waals surface area contributed by atoms with Gasteiger partial charge in [0.2, 0.25) is 0 Å². The molecule has 1 aliphatic rings. The Bertz CT molecular complexity index is 678. The summed E-state index contributed by atoms with van der Waals surface area (Å²) in [5, 5.41) is 9.90. The number of anilines is 1. The zero-order valence-corrected chi connectivity index (χ0v) is 14.4. The Morgan fingerprint density at radius 2 is 2.24 bits per heavy atom. The number of ether oxygens (including phenoxy) is 2. The van der Waals surface area contributed by atoms with Crippen molar-refractivity contribution in [1.82, 2.24) is 15.1 Å². The van der Waals surface area contributed by atoms with Crippen LogP contribution in [-0.2, 0) is 17.7 Å². The molecule has 1 aromatic heterocycles. The van der Waals surface area contributed by atoms with E-state index in [2.05, 4.69) is 15.7 Å². The average Bonchev–Trinajstić information content (AvgIpc) is 3.28. The first-order valence-electron chi connectivity index (χ1n) is 8.55. The lowest BCUT2D eigenvalue weighted by molar-refractivity contribution is 0.0940. The minimum atomic E-state index is -0.231. The van der Waals surface area contributed by atoms with E-state index in [1.54, 1.807) is 13.3 Å². The minimum absolute atomic E-state index is 0.228. The molecule has 1 saturated heterocycles. The highest BCUT2D eigenvalue weighted by molar-refractivity contribution is 5.88. The number of hydrogen-bond acceptors (Lipinski definition) is 4. The van der Waals surface area contributed by atoms with Crippen LogP contribution in [0, 0.1) is 0 Å². The van der Waals surface area contributed by atoms with Gasteiger partial charge in [0.1, 0.15) is 5.75 Å². The summed E-state index contributed by atoms with van der Waals surface area (Å²) in [6.07, 6.45) is 6.63. The van der Waals surface area contributed by atoms with Gasteiger partial charge in [-0.2, -0.15) is 5.10 Å². The van der Waals surface area contributed by atoms with E-state index in [1.807, 2.05) is 35.1 Å². The second-order valence-corrected chi connectivity index (χ2v) is 6.07. The SMILES string of the molecule is COc1ccc(CCNC(=O)Nc2cnn(CC3CCCO3)c2)cc1. The van der Waals surface area contributed by atoms with Crippen LogP contribution in [-0.4, -0.2) is 42.2 Å². The lowest BCUT2D eigenvalue weighted by Crippen LogP contribution is -2.30. The number of nitrogens with one attached hydrogen (secondary N) is 2. The van der Waals surface area contributed by atoms with E-state index in [1.165, 1.54) is 0 Å². The summed E-state index contributed by atoms with van der Waals surface area (Å²) in [7, 11) is 1.64. The number of urea groups is 1. The fraction of sp³-hybridized carbons (Fsp3) is 0.444. The lowest BCUT2D eigenvalue weighted by Gasteiger charge is -2.08. The van der Waals surface area contributed by atoms with Gasteiger partial charge in [-0.05, 0) is 37.0 Å². The Kier molecular flexibility index (Phi) is 5.90. The monoisotopic (exact) mass is 344 g/mol. The first-order chi connectivity index (χ1) is 12.2. The molecule has 0 bridgehead atoms. The molecule has 0 saturated carbocycles. The van der Waals surface area contributed by atoms with Gasteiger partial charge in [-0.1, -0.05) is 12.1 Å². The van der Waals surface area contributed by atoms with Crippen molar-refractivity contribution in [2.24, 2.45) is 0 Å². The summed E-state index contributed by atoms with van der Waals surface area (Å²) >= 11 is 0. The summed E-state index contributed by atoms with van der Waals surface area (Å²) in [5.74, 6) is 0.828. The molecule has 0 radical (unpaired) electrons. The second kappa shape index (κ2) is 8.53. The molecule has 1 fully saturated rings. The maximum atomic E-state index is 12.0. The van der Waals surface area contributed by atoms with Crippen LogP contribution in [0.4, 0.5) is 10.5 Å². The van der Waals surface area contributed by atoms with Crippen molar-refractivity contribution < 1.29 is 14.3 Å². The first kappa shape index (κ1) is 17.3. The van der Waals surface area contributed by atoms with Crippen LogP contribution in [0.5, 0.6) is 5.75 Å². The van der Waals surface area contributed by atoms with E-state index < -0.39 is 0 Å². The van der Waals surface area contributed by atoms with Crippen LogP contribution < -0.4 is 15.4 Å². The van der Waals surface area contributed by atoms with Gasteiger partial charge >= 0.3 is 6.03 Å². The van der Waals surface area contributed by atoms with Crippen LogP contribution >= 0.6 is 0 Å². The molecule has 2 N–H and O–H groups in total. The molecule has 1 aliphatic heterocycles. The molecule has 0 aliphatic carbocycles. The molecule has 7 heteroatoms. The quantitative estimate of drug-likeness (QED) is 0.809. The van der Waals surface area contributed by atoms with Crippen LogP contribution in [0.2, 0.25) is 0 Å². The van der Waals surface area contributed by atoms with Crippen LogP contribution in [0.15, 0.2) is 36.7 Å². The maximum Gasteiger partial charge on any atom is 0.319 e. The fourth-order valence-electron chi connectivity index (χ4n) is 2.81. The van der Waals surface area contributed by atoms with Gasteiger partial charge in [0, 0.05) is 19.3 Å². The van der Waals surface area contributed by atoms with Gasteiger partial charge in [0.05, 0.1) is 31.6 Å². The molecular weight excluding hydrogens is 320 g/mol. The summed E-state index contributed by atoms with van der Waals surface area (Å²) in [6.45, 7) is 2.11. The number of carbonyl (C=O) groups is 1. The van der Waals surface area contributed by atoms with Crippen LogP contribution in [0.1, 0.15) is 18.4 Å². The van der Waals surface area contributed by atoms with E-state index in [-0.39, 0.29) is 12.1 Å². The van der Waals surface area contributed by atoms with Crippen molar-refractivity contribution >= 4 is 11.7 Å². The van der Waals surface area contributed by atoms with Crippen molar-refractivity contribution in [2.75, 3.05) is 25.6 Å². The number of carbonyl (C=O) groups excluding carboxylic acids is 1. The molecule has 2 heterocycles. The van der Waals surface area contributed by atoms with Crippen molar-refractivity contribution in [3.05, 3.63) is 42.2 Å². The van der Waals surface area contributed by atoms with Crippen molar-refractivity contribution in [3.8, 4) is 5.75 Å². The Morgan fingerprint density at radius 1 is 1.40 bits per heavy atom. The van der Waals surface area contributed by atoms with Crippen molar-refractivity contribution in [2.45, 2.75) is 31.9 Å². The number of hydrogen-bond donors (Lipinski definition) is 2. The smallest absolute Gasteiger partial charge is 0.319 e. The number of methoxy groups -OCH3 is 1. The molecular formula is C18H24N4O3. The zero-order chi connectivity index (χ0) is 17.5. The topological polar surface area (TPSA) is 77.4 Å². The summed E-state index contributed by atoms with van der Waals surface area (Å²) in [6, 6.07) is 7.58. The van der Waals surface area contributed by atoms with Gasteiger partial charge < -0.3 is 20.1 Å². The molecule has 0 spiro atoms. The predicted octanol–water partition coefficient (Wildman–Crippen LogP) is 2.43. The molecule has 7 nitrogen and oxygen atoms in total. The van der Waals surface area contributed by atoms with E-state index in [4.69, 9.17) is 9.47 Å². The number of rotatable bonds is 7. The van der Waals surface area contributed by atoms with E-state index in [0.29, 0.717) is 12.2 Å². The number of benzene rings is 1. The van der Waals surface area contributed by atoms with Gasteiger partial charge in [-0.3, -0.25) is 4.68 Å². The third-order valence-electron chi connectivity index (χ3n) is 4.16. The fourth-order valence-corrected chi connectivity index (χ4v) is 2.81. The predicted molar refractivity (Wildman–Crippen MR) is 94.9 cm³/mol. The third-order valence-corrected chi connectivity index (χ3v) is 4.16. The molecule has 2 aromatic rings. The molecule has 1 unspecified atom stereocenters. The van der Waals surface area contributed by atoms with Gasteiger partial charge in [0.15, 0.2) is 0 Å². The number of amides is 2. The van der Waals surface area contributed by atoms with E-state index in [9.17, 15) is 4.79 Å². The molecule has 1 atom stereocenters. The van der Waals surface area contributed by atoms with Crippen molar-refractivity contribution in [1.29, 1.82) is 0 Å². The molecule has 1 aromatic carbocycles. The number of nitrogens with zero attached hydrogens (tertiary/aromatic N) is 2. The third kappa shape index (κ3) is 5.22. The van der Waals surface area contributed by atoms with Gasteiger partial charge in [-0.15, -0.1) is 0 Å². The summed E-state index contributed by atoms with van der Waals surface area (Å²) in [5.41, 5.74) is 1.82.